The van der Waals surface area contributed by atoms with E-state index in [1.165, 1.54) is 11.3 Å². The Balaban J connectivity index is 2.42. The Kier molecular flexibility index (Phi) is 2.83. The van der Waals surface area contributed by atoms with E-state index in [0.717, 1.165) is 0 Å². The van der Waals surface area contributed by atoms with Crippen LogP contribution in [0.5, 0.6) is 0 Å². The zero-order valence-electron chi connectivity index (χ0n) is 7.34. The highest BCUT2D eigenvalue weighted by molar-refractivity contribution is 9.08. The number of ketones is 1. The van der Waals surface area contributed by atoms with Gasteiger partial charge >= 0.3 is 0 Å². The summed E-state index contributed by atoms with van der Waals surface area (Å²) in [6.07, 6.45) is 0. The average molecular weight is 289 g/mol. The van der Waals surface area contributed by atoms with E-state index in [1.54, 1.807) is 17.5 Å². The Labute approximate surface area is 97.0 Å². The maximum absolute atomic E-state index is 11.8. The highest BCUT2D eigenvalue weighted by Crippen LogP contribution is 2.16. The van der Waals surface area contributed by atoms with Gasteiger partial charge in [0, 0.05) is 0 Å². The molecule has 7 heteroatoms. The highest BCUT2D eigenvalue weighted by atomic mass is 79.9. The molecule has 0 bridgehead atoms. The smallest absolute Gasteiger partial charge is 0.293 e. The van der Waals surface area contributed by atoms with Crippen LogP contribution in [-0.4, -0.2) is 10.9 Å². The van der Waals surface area contributed by atoms with Gasteiger partial charge in [-0.3, -0.25) is 9.42 Å². The van der Waals surface area contributed by atoms with Crippen molar-refractivity contribution >= 4 is 33.0 Å². The molecular weight excluding hydrogens is 284 g/mol. The molecule has 0 amide bonds. The van der Waals surface area contributed by atoms with Crippen LogP contribution >= 0.6 is 27.3 Å². The first-order valence-electron chi connectivity index (χ1n) is 3.97. The van der Waals surface area contributed by atoms with Gasteiger partial charge < -0.3 is 5.21 Å². The monoisotopic (exact) mass is 288 g/mol. The Morgan fingerprint density at radius 3 is 3.13 bits per heavy atom. The van der Waals surface area contributed by atoms with E-state index in [1.807, 2.05) is 0 Å². The van der Waals surface area contributed by atoms with Crippen molar-refractivity contribution in [3.63, 3.8) is 0 Å². The molecule has 15 heavy (non-hydrogen) atoms. The first-order valence-corrected chi connectivity index (χ1v) is 5.97. The second kappa shape index (κ2) is 4.11. The molecule has 0 atom stereocenters. The van der Waals surface area contributed by atoms with Crippen LogP contribution in [0, 0.1) is 5.21 Å². The van der Waals surface area contributed by atoms with Crippen molar-refractivity contribution in [2.24, 2.45) is 0 Å². The van der Waals surface area contributed by atoms with Gasteiger partial charge in [-0.25, -0.2) is 0 Å². The van der Waals surface area contributed by atoms with Gasteiger partial charge in [-0.2, -0.15) is 0 Å². The number of halogens is 1. The molecule has 0 aliphatic rings. The minimum absolute atomic E-state index is 0.0596. The predicted octanol–water partition coefficient (Wildman–Crippen LogP) is 1.50. The van der Waals surface area contributed by atoms with Gasteiger partial charge in [0.1, 0.15) is 0 Å². The van der Waals surface area contributed by atoms with E-state index in [-0.39, 0.29) is 27.4 Å². The molecule has 2 heterocycles. The zero-order chi connectivity index (χ0) is 10.8. The van der Waals surface area contributed by atoms with Crippen molar-refractivity contribution in [1.82, 2.24) is 5.16 Å². The molecule has 5 nitrogen and oxygen atoms in total. The summed E-state index contributed by atoms with van der Waals surface area (Å²) in [6, 6.07) is 3.44. The summed E-state index contributed by atoms with van der Waals surface area (Å²) in [6.45, 7) is 0. The topological polar surface area (TPSA) is 70.0 Å². The van der Waals surface area contributed by atoms with E-state index in [9.17, 15) is 10.0 Å². The molecule has 2 aromatic rings. The summed E-state index contributed by atoms with van der Waals surface area (Å²) in [5.41, 5.74) is 0.248. The fourth-order valence-corrected chi connectivity index (χ4v) is 2.21. The Hall–Kier alpha value is -1.21. The molecule has 2 aromatic heterocycles. The number of thiophene rings is 1. The fraction of sp³-hybridized carbons (Fsp3) is 0.125. The van der Waals surface area contributed by atoms with Gasteiger partial charge in [0.2, 0.25) is 5.69 Å². The Bertz CT molecular complexity index is 480. The third kappa shape index (κ3) is 1.80. The van der Waals surface area contributed by atoms with Gasteiger partial charge in [0.15, 0.2) is 0 Å². The van der Waals surface area contributed by atoms with Gasteiger partial charge in [0.05, 0.1) is 15.4 Å². The van der Waals surface area contributed by atoms with E-state index in [2.05, 4.69) is 25.7 Å². The van der Waals surface area contributed by atoms with Crippen molar-refractivity contribution in [2.45, 2.75) is 5.33 Å². The number of carbonyl (C=O) groups excluding carboxylic acids is 1. The summed E-state index contributed by atoms with van der Waals surface area (Å²) in [4.78, 5) is 12.6. The van der Waals surface area contributed by atoms with Crippen LogP contribution in [-0.2, 0) is 5.33 Å². The molecular formula is C8H5BrN2O3S. The number of rotatable bonds is 3. The Morgan fingerprint density at radius 1 is 1.73 bits per heavy atom. The van der Waals surface area contributed by atoms with Crippen molar-refractivity contribution in [3.8, 4) is 0 Å². The first-order chi connectivity index (χ1) is 7.24. The summed E-state index contributed by atoms with van der Waals surface area (Å²) in [7, 11) is 0. The number of aromatic nitrogens is 2. The normalized spacial score (nSPS) is 10.5. The standard InChI is InChI=1S/C8H5BrN2O3S/c9-4-5-7(10-14-11(5)13)8(12)6-2-1-3-15-6/h1-3H,4H2. The van der Waals surface area contributed by atoms with Crippen LogP contribution in [0.2, 0.25) is 0 Å². The van der Waals surface area contributed by atoms with E-state index in [4.69, 9.17) is 0 Å². The van der Waals surface area contributed by atoms with Gasteiger partial charge in [-0.1, -0.05) is 22.0 Å². The lowest BCUT2D eigenvalue weighted by Crippen LogP contribution is -2.28. The second-order valence-electron chi connectivity index (χ2n) is 2.67. The third-order valence-electron chi connectivity index (χ3n) is 1.79. The summed E-state index contributed by atoms with van der Waals surface area (Å²) >= 11 is 4.40. The molecule has 0 radical (unpaired) electrons. The summed E-state index contributed by atoms with van der Waals surface area (Å²) in [5, 5.41) is 16.5. The molecule has 78 valence electrons. The molecule has 0 spiro atoms. The molecule has 0 N–H and O–H groups in total. The largest absolute Gasteiger partial charge is 0.359 e. The van der Waals surface area contributed by atoms with Crippen molar-refractivity contribution in [2.75, 3.05) is 0 Å². The maximum Gasteiger partial charge on any atom is 0.293 e. The van der Waals surface area contributed by atoms with Crippen LogP contribution in [0.1, 0.15) is 21.1 Å². The van der Waals surface area contributed by atoms with Gasteiger partial charge in [-0.15, -0.1) is 11.3 Å². The van der Waals surface area contributed by atoms with Crippen LogP contribution in [0.4, 0.5) is 0 Å². The fourth-order valence-electron chi connectivity index (χ4n) is 1.08. The van der Waals surface area contributed by atoms with Crippen LogP contribution < -0.4 is 4.90 Å². The molecule has 0 saturated heterocycles. The van der Waals surface area contributed by atoms with Crippen LogP contribution in [0.3, 0.4) is 0 Å². The third-order valence-corrected chi connectivity index (χ3v) is 3.19. The average Bonchev–Trinajstić information content (AvgIpc) is 2.85. The summed E-state index contributed by atoms with van der Waals surface area (Å²) in [5.74, 6) is -0.294. The maximum atomic E-state index is 11.8. The first kappa shape index (κ1) is 10.3. The minimum Gasteiger partial charge on any atom is -0.359 e. The summed E-state index contributed by atoms with van der Waals surface area (Å²) < 4.78 is 4.37. The molecule has 0 aliphatic heterocycles. The SMILES string of the molecule is O=C(c1cccs1)c1no[n+]([O-])c1CBr. The number of hydrogen-bond acceptors (Lipinski definition) is 5. The van der Waals surface area contributed by atoms with E-state index in [0.29, 0.717) is 4.88 Å². The molecule has 0 aromatic carbocycles. The van der Waals surface area contributed by atoms with Crippen LogP contribution in [0.25, 0.3) is 0 Å². The molecule has 2 rings (SSSR count). The number of hydrogen-bond donors (Lipinski definition) is 0. The second-order valence-corrected chi connectivity index (χ2v) is 4.17. The van der Waals surface area contributed by atoms with Gasteiger partial charge in [0.25, 0.3) is 11.5 Å². The van der Waals surface area contributed by atoms with Crippen molar-refractivity contribution in [3.05, 3.63) is 39.0 Å². The number of nitrogens with zero attached hydrogens (tertiary/aromatic N) is 2. The van der Waals surface area contributed by atoms with Crippen molar-refractivity contribution < 1.29 is 14.3 Å². The molecule has 0 saturated carbocycles. The van der Waals surface area contributed by atoms with Crippen LogP contribution in [0.15, 0.2) is 22.1 Å². The quantitative estimate of drug-likeness (QED) is 0.487. The Morgan fingerprint density at radius 2 is 2.53 bits per heavy atom. The zero-order valence-corrected chi connectivity index (χ0v) is 9.75. The predicted molar refractivity (Wildman–Crippen MR) is 55.8 cm³/mol. The minimum atomic E-state index is -0.294. The van der Waals surface area contributed by atoms with Crippen molar-refractivity contribution in [1.29, 1.82) is 0 Å². The lowest BCUT2D eigenvalue weighted by molar-refractivity contribution is -0.807. The highest BCUT2D eigenvalue weighted by Gasteiger charge is 2.26. The lowest BCUT2D eigenvalue weighted by Gasteiger charge is -1.91. The number of alkyl halides is 1. The lowest BCUT2D eigenvalue weighted by atomic mass is 10.2. The van der Waals surface area contributed by atoms with E-state index >= 15 is 0 Å². The van der Waals surface area contributed by atoms with E-state index < -0.39 is 0 Å². The molecule has 0 unspecified atom stereocenters. The van der Waals surface area contributed by atoms with Gasteiger partial charge in [-0.05, 0) is 16.3 Å². The number of carbonyl (C=O) groups is 1. The molecule has 0 aliphatic carbocycles. The molecule has 0 fully saturated rings.